The zero-order chi connectivity index (χ0) is 46.6. The summed E-state index contributed by atoms with van der Waals surface area (Å²) in [5.74, 6) is -0.443. The Labute approximate surface area is 388 Å². The fourth-order valence-corrected chi connectivity index (χ4v) is 12.9. The zero-order valence-corrected chi connectivity index (χ0v) is 40.2. The van der Waals surface area contributed by atoms with Crippen molar-refractivity contribution in [2.75, 3.05) is 33.3 Å². The second kappa shape index (κ2) is 19.9. The van der Waals surface area contributed by atoms with E-state index in [2.05, 4.69) is 58.3 Å². The molecule has 64 heavy (non-hydrogen) atoms. The van der Waals surface area contributed by atoms with Gasteiger partial charge in [-0.1, -0.05) is 51.2 Å². The third-order valence-corrected chi connectivity index (χ3v) is 14.4. The molecule has 9 rings (SSSR count). The number of amidine groups is 2. The highest BCUT2D eigenvalue weighted by Crippen LogP contribution is 2.72. The molecule has 5 fully saturated rings. The number of aliphatic hydroxyl groups excluding tert-OH is 1. The molecule has 4 bridgehead atoms. The van der Waals surface area contributed by atoms with Gasteiger partial charge < -0.3 is 40.9 Å². The van der Waals surface area contributed by atoms with Gasteiger partial charge in [0.1, 0.15) is 23.2 Å². The number of aliphatic carboxylic acids is 1. The minimum Gasteiger partial charge on any atom is -0.481 e. The molecule has 344 valence electrons. The Balaban J connectivity index is 0.00000165. The number of ether oxygens (including phenoxy) is 1. The molecule has 2 atom stereocenters. The minimum atomic E-state index is -0.838. The number of carboxylic acids is 1. The van der Waals surface area contributed by atoms with E-state index < -0.39 is 11.9 Å². The number of thiazole rings is 1. The summed E-state index contributed by atoms with van der Waals surface area (Å²) in [5, 5.41) is 48.4. The van der Waals surface area contributed by atoms with Crippen molar-refractivity contribution in [2.24, 2.45) is 27.0 Å². The van der Waals surface area contributed by atoms with Crippen molar-refractivity contribution in [3.05, 3.63) is 82.5 Å². The van der Waals surface area contributed by atoms with Crippen molar-refractivity contribution < 1.29 is 24.9 Å². The predicted molar refractivity (Wildman–Crippen MR) is 261 cm³/mol. The van der Waals surface area contributed by atoms with E-state index in [1.54, 1.807) is 0 Å². The van der Waals surface area contributed by atoms with E-state index in [-0.39, 0.29) is 39.8 Å². The molecule has 2 aromatic heterocycles. The van der Waals surface area contributed by atoms with Crippen LogP contribution in [0.5, 0.6) is 0 Å². The molecule has 2 radical (unpaired) electrons. The van der Waals surface area contributed by atoms with E-state index in [0.29, 0.717) is 48.4 Å². The van der Waals surface area contributed by atoms with Gasteiger partial charge in [0.05, 0.1) is 28.6 Å². The summed E-state index contributed by atoms with van der Waals surface area (Å²) in [4.78, 5) is 24.2. The summed E-state index contributed by atoms with van der Waals surface area (Å²) < 4.78 is 10.1. The molecule has 1 aromatic carbocycles. The average Bonchev–Trinajstić information content (AvgIpc) is 3.81. The van der Waals surface area contributed by atoms with Crippen LogP contribution in [-0.2, 0) is 16.1 Å². The smallest absolute Gasteiger partial charge is 0.303 e. The molecular weight excluding hydrogens is 846 g/mol. The topological polar surface area (TPSA) is 198 Å². The highest BCUT2D eigenvalue weighted by molar-refractivity contribution is 8.03. The Kier molecular flexibility index (Phi) is 15.2. The summed E-state index contributed by atoms with van der Waals surface area (Å²) in [6.45, 7) is 16.2. The number of benzene rings is 1. The lowest BCUT2D eigenvalue weighted by molar-refractivity contribution is -0.248. The standard InChI is InChI=1S/C45H59N9O5S.C2H6.BHS/c1-28(38(46)51-41-49-33-11-6-7-12-34(33)60-41)30-10-8-17-53(39(30)47)35-15-14-31(37(50-35)40(57)58)32-20-48-54(29(32)2)27-44-22-42(3)21-43(4,23-44)25-45(24-42,26-44)59-19-18-52(5)16-9-13-36(55)56;2*1-2/h6-7,11-12,14-15,20,47,50,57-58H,8-10,13,16-19,21-27H2,1-5H3,(H,55,56)(H2,46,49,51);1-2H3;2H/b30-28-,47-39?;;. The Morgan fingerprint density at radius 2 is 1.78 bits per heavy atom. The number of hydrogen-bond donors (Lipinski definition) is 7. The van der Waals surface area contributed by atoms with E-state index in [4.69, 9.17) is 20.7 Å². The number of para-hydroxylation sites is 1. The molecule has 6 aliphatic rings. The van der Waals surface area contributed by atoms with Crippen LogP contribution in [0.1, 0.15) is 110 Å². The second-order valence-electron chi connectivity index (χ2n) is 18.9. The number of carboxylic acid groups (broad SMARTS) is 1. The molecule has 0 amide bonds. The van der Waals surface area contributed by atoms with Gasteiger partial charge in [0.15, 0.2) is 7.12 Å². The number of carbonyl (C=O) groups is 1. The third kappa shape index (κ3) is 10.4. The van der Waals surface area contributed by atoms with Crippen LogP contribution < -0.4 is 11.1 Å². The maximum Gasteiger partial charge on any atom is 0.303 e. The first-order valence-electron chi connectivity index (χ1n) is 22.4. The summed E-state index contributed by atoms with van der Waals surface area (Å²) in [7, 11) is 6.23. The number of aromatic nitrogens is 3. The molecular formula is C47H66BN9O5S2. The number of dihydropyridines is 1. The monoisotopic (exact) mass is 911 g/mol. The first kappa shape index (κ1) is 48.9. The summed E-state index contributed by atoms with van der Waals surface area (Å²) in [6, 6.07) is 7.86. The van der Waals surface area contributed by atoms with Crippen LogP contribution in [-0.4, -0.2) is 104 Å². The van der Waals surface area contributed by atoms with Gasteiger partial charge in [-0.2, -0.15) is 5.10 Å². The number of nitrogens with one attached hydrogen (secondary N) is 2. The SMILES string of the molecule is CC.CC(=C1\CCCN(C2=CC=C(c3cnn(CC45CC6(C)CC(C)(C4)CC(OCCN(C)CCCC(=O)O)(C6)C5)c3C)C(=C(O)O)N2)C1=N)/C(N)=N\c1nc2ccccc2s1.[B]S. The molecule has 0 spiro atoms. The number of aliphatic hydroxyl groups is 2. The van der Waals surface area contributed by atoms with Crippen molar-refractivity contribution >= 4 is 69.5 Å². The van der Waals surface area contributed by atoms with Gasteiger partial charge >= 0.3 is 5.97 Å². The Bertz CT molecular complexity index is 2330. The molecule has 4 aliphatic carbocycles. The van der Waals surface area contributed by atoms with Crippen molar-refractivity contribution in [3.8, 4) is 0 Å². The maximum absolute atomic E-state index is 11.0. The molecule has 2 aliphatic heterocycles. The lowest BCUT2D eigenvalue weighted by Gasteiger charge is -2.69. The van der Waals surface area contributed by atoms with Crippen LogP contribution in [0.2, 0.25) is 0 Å². The number of aliphatic imine (C=N–C) groups is 1. The Hall–Kier alpha value is -4.58. The van der Waals surface area contributed by atoms with Gasteiger partial charge in [0.25, 0.3) is 5.95 Å². The maximum atomic E-state index is 11.0. The van der Waals surface area contributed by atoms with E-state index in [1.165, 1.54) is 17.8 Å². The zero-order valence-electron chi connectivity index (χ0n) is 38.5. The molecule has 4 heterocycles. The summed E-state index contributed by atoms with van der Waals surface area (Å²) in [6.07, 6.45) is 14.3. The number of rotatable bonds is 14. The molecule has 3 aromatic rings. The second-order valence-corrected chi connectivity index (χ2v) is 19.9. The normalized spacial score (nSPS) is 27.0. The number of likely N-dealkylation sites (N-methyl/N-ethyl adjacent to an activating group) is 1. The first-order chi connectivity index (χ1) is 30.5. The van der Waals surface area contributed by atoms with Crippen LogP contribution in [0.15, 0.2) is 76.2 Å². The van der Waals surface area contributed by atoms with Crippen LogP contribution in [0.3, 0.4) is 0 Å². The number of fused-ring (bicyclic) bond motifs is 1. The highest BCUT2D eigenvalue weighted by atomic mass is 32.1. The van der Waals surface area contributed by atoms with Crippen molar-refractivity contribution in [2.45, 2.75) is 118 Å². The number of nitrogens with two attached hydrogens (primary N) is 1. The van der Waals surface area contributed by atoms with Gasteiger partial charge in [-0.15, -0.1) is 0 Å². The fourth-order valence-electron chi connectivity index (χ4n) is 12.1. The highest BCUT2D eigenvalue weighted by Gasteiger charge is 2.66. The quantitative estimate of drug-likeness (QED) is 0.0268. The van der Waals surface area contributed by atoms with Gasteiger partial charge in [-0.25, -0.2) is 22.5 Å². The van der Waals surface area contributed by atoms with Crippen molar-refractivity contribution in [3.63, 3.8) is 0 Å². The van der Waals surface area contributed by atoms with E-state index in [9.17, 15) is 20.4 Å². The summed E-state index contributed by atoms with van der Waals surface area (Å²) in [5.41, 5.74) is 11.5. The summed E-state index contributed by atoms with van der Waals surface area (Å²) >= 11 is 4.50. The van der Waals surface area contributed by atoms with E-state index in [0.717, 1.165) is 90.8 Å². The van der Waals surface area contributed by atoms with Crippen LogP contribution in [0.4, 0.5) is 5.13 Å². The molecule has 4 saturated carbocycles. The molecule has 17 heteroatoms. The van der Waals surface area contributed by atoms with Gasteiger partial charge in [-0.05, 0) is 131 Å². The number of hydrogen-bond acceptors (Lipinski definition) is 12. The lowest BCUT2D eigenvalue weighted by Crippen LogP contribution is -2.64. The minimum absolute atomic E-state index is 0.00418. The number of piperidine rings is 1. The van der Waals surface area contributed by atoms with Gasteiger partial charge in [0, 0.05) is 48.5 Å². The molecule has 14 nitrogen and oxygen atoms in total. The Morgan fingerprint density at radius 3 is 2.45 bits per heavy atom. The number of likely N-dealkylation sites (tertiary alicyclic amines) is 1. The van der Waals surface area contributed by atoms with E-state index in [1.807, 2.05) is 82.3 Å². The molecule has 1 saturated heterocycles. The van der Waals surface area contributed by atoms with Crippen LogP contribution in [0.25, 0.3) is 15.8 Å². The third-order valence-electron chi connectivity index (χ3n) is 13.5. The Morgan fingerprint density at radius 1 is 1.08 bits per heavy atom. The van der Waals surface area contributed by atoms with Gasteiger partial charge in [0.2, 0.25) is 5.13 Å². The number of thiol groups is 1. The lowest BCUT2D eigenvalue weighted by atomic mass is 9.39. The predicted octanol–water partition coefficient (Wildman–Crippen LogP) is 8.95. The average molecular weight is 912 g/mol. The van der Waals surface area contributed by atoms with Crippen molar-refractivity contribution in [1.29, 1.82) is 5.41 Å². The first-order valence-corrected chi connectivity index (χ1v) is 23.7. The molecule has 7 N–H and O–H groups in total. The number of nitrogens with zero attached hydrogens (tertiary/aromatic N) is 6. The van der Waals surface area contributed by atoms with Crippen LogP contribution in [0, 0.1) is 28.6 Å². The van der Waals surface area contributed by atoms with Crippen LogP contribution >= 0.6 is 23.8 Å². The van der Waals surface area contributed by atoms with E-state index >= 15 is 0 Å². The number of allylic oxidation sites excluding steroid dienone is 3. The molecule has 2 unspecified atom stereocenters. The fraction of sp³-hybridized carbons (Fsp3) is 0.553. The van der Waals surface area contributed by atoms with Gasteiger partial charge in [-0.3, -0.25) is 14.9 Å². The largest absolute Gasteiger partial charge is 0.481 e. The van der Waals surface area contributed by atoms with Crippen molar-refractivity contribution in [1.82, 2.24) is 29.9 Å².